The van der Waals surface area contributed by atoms with Crippen LogP contribution in [0.2, 0.25) is 0 Å². The van der Waals surface area contributed by atoms with E-state index in [1.165, 1.54) is 37.7 Å². The van der Waals surface area contributed by atoms with E-state index >= 15 is 0 Å². The van der Waals surface area contributed by atoms with Crippen molar-refractivity contribution in [3.63, 3.8) is 0 Å². The van der Waals surface area contributed by atoms with Crippen molar-refractivity contribution in [3.8, 4) is 0 Å². The van der Waals surface area contributed by atoms with Crippen LogP contribution in [0.5, 0.6) is 0 Å². The third-order valence-corrected chi connectivity index (χ3v) is 4.32. The minimum absolute atomic E-state index is 0.0786. The molecular weight excluding hydrogens is 224 g/mol. The molecule has 0 N–H and O–H groups in total. The van der Waals surface area contributed by atoms with Crippen molar-refractivity contribution in [2.75, 3.05) is 13.2 Å². The third-order valence-electron chi connectivity index (χ3n) is 4.32. The number of hydrogen-bond acceptors (Lipinski definition) is 2. The second-order valence-corrected chi connectivity index (χ2v) is 5.67. The SMILES string of the molecule is c1ccc(COC[C@]2(C3CCCCC3)CO2)cc1. The van der Waals surface area contributed by atoms with Crippen LogP contribution in [-0.4, -0.2) is 18.8 Å². The summed E-state index contributed by atoms with van der Waals surface area (Å²) in [4.78, 5) is 0. The molecule has 1 aliphatic heterocycles. The van der Waals surface area contributed by atoms with Crippen molar-refractivity contribution in [3.05, 3.63) is 35.9 Å². The fraction of sp³-hybridized carbons (Fsp3) is 0.625. The molecular formula is C16H22O2. The monoisotopic (exact) mass is 246 g/mol. The van der Waals surface area contributed by atoms with Crippen LogP contribution in [0.1, 0.15) is 37.7 Å². The molecule has 0 spiro atoms. The molecule has 2 heteroatoms. The van der Waals surface area contributed by atoms with Crippen molar-refractivity contribution in [1.29, 1.82) is 0 Å². The van der Waals surface area contributed by atoms with Crippen LogP contribution in [0.4, 0.5) is 0 Å². The molecule has 1 aromatic rings. The number of epoxide rings is 1. The summed E-state index contributed by atoms with van der Waals surface area (Å²) in [6.45, 7) is 2.39. The Morgan fingerprint density at radius 2 is 1.83 bits per heavy atom. The molecule has 0 aromatic heterocycles. The number of hydrogen-bond donors (Lipinski definition) is 0. The molecule has 2 fully saturated rings. The summed E-state index contributed by atoms with van der Waals surface area (Å²) in [5.74, 6) is 0.738. The summed E-state index contributed by atoms with van der Waals surface area (Å²) >= 11 is 0. The summed E-state index contributed by atoms with van der Waals surface area (Å²) in [5.41, 5.74) is 1.33. The van der Waals surface area contributed by atoms with Crippen molar-refractivity contribution >= 4 is 0 Å². The largest absolute Gasteiger partial charge is 0.374 e. The first-order chi connectivity index (χ1) is 8.89. The van der Waals surface area contributed by atoms with Crippen LogP contribution in [-0.2, 0) is 16.1 Å². The Hall–Kier alpha value is -0.860. The molecule has 1 heterocycles. The van der Waals surface area contributed by atoms with E-state index in [1.807, 2.05) is 6.07 Å². The van der Waals surface area contributed by atoms with Gasteiger partial charge in [0, 0.05) is 0 Å². The molecule has 18 heavy (non-hydrogen) atoms. The van der Waals surface area contributed by atoms with Crippen LogP contribution < -0.4 is 0 Å². The molecule has 0 unspecified atom stereocenters. The Kier molecular flexibility index (Phi) is 3.67. The number of rotatable bonds is 5. The molecule has 1 aliphatic carbocycles. The summed E-state index contributed by atoms with van der Waals surface area (Å²) in [6, 6.07) is 10.4. The van der Waals surface area contributed by atoms with E-state index in [1.54, 1.807) is 0 Å². The van der Waals surface area contributed by atoms with Gasteiger partial charge in [0.25, 0.3) is 0 Å². The maximum absolute atomic E-state index is 5.88. The van der Waals surface area contributed by atoms with Crippen LogP contribution in [0.3, 0.4) is 0 Å². The molecule has 1 atom stereocenters. The van der Waals surface area contributed by atoms with Gasteiger partial charge in [0.2, 0.25) is 0 Å². The van der Waals surface area contributed by atoms with Crippen LogP contribution in [0.15, 0.2) is 30.3 Å². The van der Waals surface area contributed by atoms with Crippen LogP contribution in [0.25, 0.3) is 0 Å². The fourth-order valence-corrected chi connectivity index (χ4v) is 3.07. The van der Waals surface area contributed by atoms with E-state index in [-0.39, 0.29) is 5.60 Å². The summed E-state index contributed by atoms with van der Waals surface area (Å²) < 4.78 is 11.6. The number of ether oxygens (including phenoxy) is 2. The molecule has 0 radical (unpaired) electrons. The Balaban J connectivity index is 1.48. The third kappa shape index (κ3) is 2.76. The molecule has 1 saturated carbocycles. The second-order valence-electron chi connectivity index (χ2n) is 5.67. The molecule has 0 amide bonds. The van der Waals surface area contributed by atoms with Gasteiger partial charge in [-0.15, -0.1) is 0 Å². The van der Waals surface area contributed by atoms with E-state index in [0.717, 1.165) is 19.1 Å². The number of benzene rings is 1. The predicted molar refractivity (Wildman–Crippen MR) is 71.4 cm³/mol. The van der Waals surface area contributed by atoms with E-state index in [0.29, 0.717) is 6.61 Å². The average Bonchev–Trinajstić information content (AvgIpc) is 3.22. The standard InChI is InChI=1S/C16H22O2/c1-3-7-14(8-4-1)11-17-12-16(13-18-16)15-9-5-2-6-10-15/h1,3-4,7-8,15H,2,5-6,9-13H2/t16-/m1/s1. The quantitative estimate of drug-likeness (QED) is 0.741. The average molecular weight is 246 g/mol. The van der Waals surface area contributed by atoms with E-state index in [9.17, 15) is 0 Å². The van der Waals surface area contributed by atoms with Gasteiger partial charge < -0.3 is 9.47 Å². The molecule has 98 valence electrons. The van der Waals surface area contributed by atoms with Gasteiger partial charge in [-0.2, -0.15) is 0 Å². The highest BCUT2D eigenvalue weighted by atomic mass is 16.6. The highest BCUT2D eigenvalue weighted by Gasteiger charge is 2.51. The Morgan fingerprint density at radius 1 is 1.11 bits per heavy atom. The molecule has 1 saturated heterocycles. The smallest absolute Gasteiger partial charge is 0.118 e. The van der Waals surface area contributed by atoms with Gasteiger partial charge in [0.1, 0.15) is 5.60 Å². The normalized spacial score (nSPS) is 28.2. The van der Waals surface area contributed by atoms with Crippen molar-refractivity contribution in [1.82, 2.24) is 0 Å². The lowest BCUT2D eigenvalue weighted by molar-refractivity contribution is 0.0331. The zero-order valence-corrected chi connectivity index (χ0v) is 10.9. The van der Waals surface area contributed by atoms with E-state index < -0.39 is 0 Å². The van der Waals surface area contributed by atoms with Crippen LogP contribution >= 0.6 is 0 Å². The van der Waals surface area contributed by atoms with Crippen LogP contribution in [0, 0.1) is 5.92 Å². The highest BCUT2D eigenvalue weighted by molar-refractivity contribution is 5.13. The maximum Gasteiger partial charge on any atom is 0.118 e. The second kappa shape index (κ2) is 5.41. The van der Waals surface area contributed by atoms with Crippen molar-refractivity contribution in [2.24, 2.45) is 5.92 Å². The first kappa shape index (κ1) is 12.2. The molecule has 0 bridgehead atoms. The van der Waals surface area contributed by atoms with Gasteiger partial charge in [0.15, 0.2) is 0 Å². The lowest BCUT2D eigenvalue weighted by Crippen LogP contribution is -2.31. The minimum Gasteiger partial charge on any atom is -0.374 e. The van der Waals surface area contributed by atoms with E-state index in [4.69, 9.17) is 9.47 Å². The first-order valence-corrected chi connectivity index (χ1v) is 7.15. The van der Waals surface area contributed by atoms with Gasteiger partial charge in [-0.1, -0.05) is 49.6 Å². The van der Waals surface area contributed by atoms with Gasteiger partial charge in [0.05, 0.1) is 19.8 Å². The zero-order chi connectivity index (χ0) is 12.3. The van der Waals surface area contributed by atoms with Gasteiger partial charge in [-0.05, 0) is 24.3 Å². The summed E-state index contributed by atoms with van der Waals surface area (Å²) in [5, 5.41) is 0. The van der Waals surface area contributed by atoms with Gasteiger partial charge in [-0.3, -0.25) is 0 Å². The lowest BCUT2D eigenvalue weighted by Gasteiger charge is -2.27. The van der Waals surface area contributed by atoms with Crippen molar-refractivity contribution < 1.29 is 9.47 Å². The predicted octanol–water partition coefficient (Wildman–Crippen LogP) is 3.55. The topological polar surface area (TPSA) is 21.8 Å². The Bertz CT molecular complexity index is 364. The summed E-state index contributed by atoms with van der Waals surface area (Å²) in [7, 11) is 0. The summed E-state index contributed by atoms with van der Waals surface area (Å²) in [6.07, 6.45) is 6.80. The Labute approximate surface area is 109 Å². The minimum atomic E-state index is 0.0786. The van der Waals surface area contributed by atoms with Gasteiger partial charge in [-0.25, -0.2) is 0 Å². The Morgan fingerprint density at radius 3 is 2.50 bits per heavy atom. The maximum atomic E-state index is 5.88. The van der Waals surface area contributed by atoms with E-state index in [2.05, 4.69) is 24.3 Å². The lowest BCUT2D eigenvalue weighted by atomic mass is 9.80. The zero-order valence-electron chi connectivity index (χ0n) is 10.9. The van der Waals surface area contributed by atoms with Crippen molar-refractivity contribution in [2.45, 2.75) is 44.3 Å². The molecule has 1 aromatic carbocycles. The molecule has 2 aliphatic rings. The fourth-order valence-electron chi connectivity index (χ4n) is 3.07. The highest BCUT2D eigenvalue weighted by Crippen LogP contribution is 2.43. The molecule has 2 nitrogen and oxygen atoms in total. The first-order valence-electron chi connectivity index (χ1n) is 7.15. The molecule has 3 rings (SSSR count). The van der Waals surface area contributed by atoms with Gasteiger partial charge >= 0.3 is 0 Å².